The van der Waals surface area contributed by atoms with E-state index < -0.39 is 0 Å². The molecule has 31 heavy (non-hydrogen) atoms. The van der Waals surface area contributed by atoms with Gasteiger partial charge in [-0.1, -0.05) is 17.7 Å². The second kappa shape index (κ2) is 9.10. The Morgan fingerprint density at radius 3 is 2.68 bits per heavy atom. The molecule has 2 heterocycles. The van der Waals surface area contributed by atoms with Crippen LogP contribution in [-0.4, -0.2) is 47.2 Å². The third-order valence-electron chi connectivity index (χ3n) is 5.98. The van der Waals surface area contributed by atoms with Gasteiger partial charge in [0.15, 0.2) is 0 Å². The molecule has 164 valence electrons. The van der Waals surface area contributed by atoms with Crippen LogP contribution in [0.3, 0.4) is 0 Å². The van der Waals surface area contributed by atoms with Crippen molar-refractivity contribution in [1.82, 2.24) is 25.5 Å². The fourth-order valence-corrected chi connectivity index (χ4v) is 4.22. The summed E-state index contributed by atoms with van der Waals surface area (Å²) in [6.45, 7) is 9.97. The fraction of sp³-hybridized carbons (Fsp3) is 0.440. The zero-order valence-electron chi connectivity index (χ0n) is 19.0. The summed E-state index contributed by atoms with van der Waals surface area (Å²) in [5.41, 5.74) is 6.73. The standard InChI is InChI=1S/C25H33N5O/c1-5-20(28-16-19-6-7-21-22(15-19)27-11-10-26-21)24(23(31-4)14-18(2)3)30-13-12-29-25(17-30)8-9-25/h5-7,10-11,14-15,28-29H,8-9,12-13,16-17H2,1-4H3/b20-5+,24-23-. The number of fused-ring (bicyclic) bond motifs is 1. The van der Waals surface area contributed by atoms with Gasteiger partial charge in [0.05, 0.1) is 23.8 Å². The molecule has 1 saturated carbocycles. The van der Waals surface area contributed by atoms with Gasteiger partial charge in [-0.2, -0.15) is 0 Å². The van der Waals surface area contributed by atoms with E-state index in [0.29, 0.717) is 6.54 Å². The molecule has 0 radical (unpaired) electrons. The van der Waals surface area contributed by atoms with Crippen LogP contribution in [0.4, 0.5) is 0 Å². The zero-order chi connectivity index (χ0) is 21.8. The van der Waals surface area contributed by atoms with Crippen LogP contribution in [0.1, 0.15) is 39.2 Å². The highest BCUT2D eigenvalue weighted by atomic mass is 16.5. The SMILES string of the molecule is C/C=C(NCc1ccc2nccnc2c1)\C(=C(/C=C(C)C)OC)N1CCNC2(CC2)C1. The molecule has 6 heteroatoms. The van der Waals surface area contributed by atoms with Crippen molar-refractivity contribution in [2.75, 3.05) is 26.7 Å². The molecule has 2 N–H and O–H groups in total. The predicted octanol–water partition coefficient (Wildman–Crippen LogP) is 3.89. The van der Waals surface area contributed by atoms with E-state index in [1.54, 1.807) is 19.5 Å². The van der Waals surface area contributed by atoms with Crippen LogP contribution in [0.25, 0.3) is 11.0 Å². The van der Waals surface area contributed by atoms with Crippen LogP contribution in [0.2, 0.25) is 0 Å². The van der Waals surface area contributed by atoms with Crippen LogP contribution in [0.5, 0.6) is 0 Å². The van der Waals surface area contributed by atoms with Crippen molar-refractivity contribution in [3.63, 3.8) is 0 Å². The van der Waals surface area contributed by atoms with Crippen molar-refractivity contribution in [3.8, 4) is 0 Å². The monoisotopic (exact) mass is 419 g/mol. The number of allylic oxidation sites excluding steroid dienone is 3. The van der Waals surface area contributed by atoms with Crippen molar-refractivity contribution in [2.45, 2.75) is 45.7 Å². The van der Waals surface area contributed by atoms with Gasteiger partial charge >= 0.3 is 0 Å². The summed E-state index contributed by atoms with van der Waals surface area (Å²) in [6, 6.07) is 6.24. The van der Waals surface area contributed by atoms with Gasteiger partial charge in [0, 0.05) is 44.1 Å². The number of piperazine rings is 1. The molecule has 1 aliphatic heterocycles. The number of benzene rings is 1. The highest BCUT2D eigenvalue weighted by molar-refractivity contribution is 5.74. The Bertz CT molecular complexity index is 1030. The van der Waals surface area contributed by atoms with Gasteiger partial charge in [0.25, 0.3) is 0 Å². The second-order valence-corrected chi connectivity index (χ2v) is 8.70. The maximum absolute atomic E-state index is 5.90. The molecule has 0 atom stereocenters. The van der Waals surface area contributed by atoms with Gasteiger partial charge in [-0.3, -0.25) is 9.97 Å². The number of nitrogens with zero attached hydrogens (tertiary/aromatic N) is 3. The minimum absolute atomic E-state index is 0.281. The van der Waals surface area contributed by atoms with Crippen molar-refractivity contribution in [2.24, 2.45) is 0 Å². The van der Waals surface area contributed by atoms with Gasteiger partial charge in [-0.25, -0.2) is 0 Å². The smallest absolute Gasteiger partial charge is 0.144 e. The Morgan fingerprint density at radius 2 is 2.00 bits per heavy atom. The van der Waals surface area contributed by atoms with Crippen molar-refractivity contribution < 1.29 is 4.74 Å². The number of hydrogen-bond donors (Lipinski definition) is 2. The van der Waals surface area contributed by atoms with Crippen LogP contribution >= 0.6 is 0 Å². The summed E-state index contributed by atoms with van der Waals surface area (Å²) in [4.78, 5) is 11.3. The second-order valence-electron chi connectivity index (χ2n) is 8.70. The van der Waals surface area contributed by atoms with Gasteiger partial charge in [0.1, 0.15) is 11.5 Å². The molecular weight excluding hydrogens is 386 g/mol. The first-order valence-electron chi connectivity index (χ1n) is 11.1. The maximum Gasteiger partial charge on any atom is 0.144 e. The summed E-state index contributed by atoms with van der Waals surface area (Å²) in [5, 5.41) is 7.38. The molecule has 1 aliphatic carbocycles. The molecule has 1 saturated heterocycles. The fourth-order valence-electron chi connectivity index (χ4n) is 4.22. The molecule has 0 bridgehead atoms. The third-order valence-corrected chi connectivity index (χ3v) is 5.98. The average Bonchev–Trinajstić information content (AvgIpc) is 3.53. The van der Waals surface area contributed by atoms with Crippen LogP contribution < -0.4 is 10.6 Å². The van der Waals surface area contributed by atoms with Gasteiger partial charge in [-0.15, -0.1) is 0 Å². The lowest BCUT2D eigenvalue weighted by Gasteiger charge is -2.38. The highest BCUT2D eigenvalue weighted by Gasteiger charge is 2.46. The van der Waals surface area contributed by atoms with Crippen molar-refractivity contribution in [1.29, 1.82) is 0 Å². The molecule has 1 spiro atoms. The van der Waals surface area contributed by atoms with E-state index in [0.717, 1.165) is 47.8 Å². The van der Waals surface area contributed by atoms with Crippen LogP contribution in [0, 0.1) is 0 Å². The number of ether oxygens (including phenoxy) is 1. The topological polar surface area (TPSA) is 62.3 Å². The maximum atomic E-state index is 5.90. The molecule has 1 aromatic carbocycles. The van der Waals surface area contributed by atoms with E-state index in [1.807, 2.05) is 6.07 Å². The number of rotatable bonds is 7. The largest absolute Gasteiger partial charge is 0.495 e. The first-order valence-corrected chi connectivity index (χ1v) is 11.1. The Hall–Kier alpha value is -2.86. The number of aromatic nitrogens is 2. The minimum Gasteiger partial charge on any atom is -0.495 e. The third kappa shape index (κ3) is 4.90. The molecule has 0 amide bonds. The van der Waals surface area contributed by atoms with E-state index >= 15 is 0 Å². The molecular formula is C25H33N5O. The summed E-state index contributed by atoms with van der Waals surface area (Å²) in [6.07, 6.45) is 10.2. The lowest BCUT2D eigenvalue weighted by molar-refractivity contribution is 0.214. The molecule has 6 nitrogen and oxygen atoms in total. The van der Waals surface area contributed by atoms with E-state index in [2.05, 4.69) is 70.6 Å². The van der Waals surface area contributed by atoms with E-state index in [1.165, 1.54) is 24.0 Å². The summed E-state index contributed by atoms with van der Waals surface area (Å²) in [5.74, 6) is 0.905. The first kappa shape index (κ1) is 21.4. The Labute approximate surface area is 185 Å². The quantitative estimate of drug-likeness (QED) is 0.525. The molecule has 2 aliphatic rings. The Balaban J connectivity index is 1.61. The zero-order valence-corrected chi connectivity index (χ0v) is 19.0. The molecule has 2 aromatic rings. The first-order chi connectivity index (χ1) is 15.0. The number of nitrogens with one attached hydrogen (secondary N) is 2. The lowest BCUT2D eigenvalue weighted by atomic mass is 10.1. The lowest BCUT2D eigenvalue weighted by Crippen LogP contribution is -2.52. The van der Waals surface area contributed by atoms with Crippen LogP contribution in [-0.2, 0) is 11.3 Å². The van der Waals surface area contributed by atoms with Crippen LogP contribution in [0.15, 0.2) is 65.5 Å². The van der Waals surface area contributed by atoms with Gasteiger partial charge in [0.2, 0.25) is 0 Å². The van der Waals surface area contributed by atoms with Gasteiger partial charge < -0.3 is 20.3 Å². The normalized spacial score (nSPS) is 18.6. The molecule has 4 rings (SSSR count). The van der Waals surface area contributed by atoms with E-state index in [9.17, 15) is 0 Å². The summed E-state index contributed by atoms with van der Waals surface area (Å²) in [7, 11) is 1.76. The van der Waals surface area contributed by atoms with Crippen molar-refractivity contribution >= 4 is 11.0 Å². The average molecular weight is 420 g/mol. The van der Waals surface area contributed by atoms with Gasteiger partial charge in [-0.05, 0) is 57.4 Å². The Kier molecular flexibility index (Phi) is 6.28. The number of hydrogen-bond acceptors (Lipinski definition) is 6. The highest BCUT2D eigenvalue weighted by Crippen LogP contribution is 2.39. The molecule has 0 unspecified atom stereocenters. The summed E-state index contributed by atoms with van der Waals surface area (Å²) < 4.78 is 5.90. The Morgan fingerprint density at radius 1 is 1.23 bits per heavy atom. The minimum atomic E-state index is 0.281. The van der Waals surface area contributed by atoms with E-state index in [4.69, 9.17) is 4.74 Å². The number of methoxy groups -OCH3 is 1. The summed E-state index contributed by atoms with van der Waals surface area (Å²) >= 11 is 0. The molecule has 2 fully saturated rings. The predicted molar refractivity (Wildman–Crippen MR) is 125 cm³/mol. The molecule has 1 aromatic heterocycles. The van der Waals surface area contributed by atoms with E-state index in [-0.39, 0.29) is 5.54 Å². The van der Waals surface area contributed by atoms with Crippen molar-refractivity contribution in [3.05, 3.63) is 71.0 Å².